The van der Waals surface area contributed by atoms with E-state index in [0.717, 1.165) is 11.3 Å². The van der Waals surface area contributed by atoms with Gasteiger partial charge in [0.25, 0.3) is 0 Å². The summed E-state index contributed by atoms with van der Waals surface area (Å²) in [5.74, 6) is 0. The molecule has 0 fully saturated rings. The van der Waals surface area contributed by atoms with E-state index in [1.54, 1.807) is 23.5 Å². The first-order valence-electron chi connectivity index (χ1n) is 4.43. The highest BCUT2D eigenvalue weighted by molar-refractivity contribution is 5.95. The molecule has 0 atom stereocenters. The number of urea groups is 1. The van der Waals surface area contributed by atoms with Crippen LogP contribution < -0.4 is 10.2 Å². The third kappa shape index (κ3) is 1.46. The molecule has 0 aromatic carbocycles. The fourth-order valence-electron chi connectivity index (χ4n) is 1.35. The number of aromatic nitrogens is 1. The lowest BCUT2D eigenvalue weighted by molar-refractivity contribution is 0.248. The van der Waals surface area contributed by atoms with Crippen molar-refractivity contribution >= 4 is 11.7 Å². The maximum absolute atomic E-state index is 11.5. The zero-order chi connectivity index (χ0) is 9.97. The van der Waals surface area contributed by atoms with Gasteiger partial charge in [0.1, 0.15) is 0 Å². The molecule has 0 radical (unpaired) electrons. The lowest BCUT2D eigenvalue weighted by Crippen LogP contribution is -2.40. The van der Waals surface area contributed by atoms with Crippen molar-refractivity contribution in [1.29, 1.82) is 0 Å². The van der Waals surface area contributed by atoms with Crippen molar-refractivity contribution in [1.82, 2.24) is 10.3 Å². The number of anilines is 1. The van der Waals surface area contributed by atoms with Crippen LogP contribution in [0.25, 0.3) is 0 Å². The fraction of sp³-hybridized carbons (Fsp3) is 0.200. The van der Waals surface area contributed by atoms with E-state index < -0.39 is 0 Å². The Balaban J connectivity index is 2.39. The predicted octanol–water partition coefficient (Wildman–Crippen LogP) is 1.43. The van der Waals surface area contributed by atoms with E-state index in [1.165, 1.54) is 0 Å². The highest BCUT2D eigenvalue weighted by atomic mass is 16.2. The lowest BCUT2D eigenvalue weighted by Gasteiger charge is -2.23. The second-order valence-electron chi connectivity index (χ2n) is 3.10. The molecule has 4 heteroatoms. The second kappa shape index (κ2) is 3.49. The summed E-state index contributed by atoms with van der Waals surface area (Å²) in [7, 11) is 0. The maximum Gasteiger partial charge on any atom is 0.326 e. The molecule has 1 aromatic rings. The van der Waals surface area contributed by atoms with Crippen molar-refractivity contribution in [3.63, 3.8) is 0 Å². The van der Waals surface area contributed by atoms with Crippen LogP contribution in [0.2, 0.25) is 0 Å². The van der Waals surface area contributed by atoms with Gasteiger partial charge in [-0.25, -0.2) is 4.79 Å². The summed E-state index contributed by atoms with van der Waals surface area (Å²) in [5, 5.41) is 2.73. The van der Waals surface area contributed by atoms with Gasteiger partial charge in [-0.2, -0.15) is 0 Å². The fourth-order valence-corrected chi connectivity index (χ4v) is 1.35. The van der Waals surface area contributed by atoms with Gasteiger partial charge in [0, 0.05) is 18.9 Å². The average Bonchev–Trinajstić information content (AvgIpc) is 2.20. The number of hydrogen-bond donors (Lipinski definition) is 1. The minimum atomic E-state index is -0.108. The smallest absolute Gasteiger partial charge is 0.326 e. The van der Waals surface area contributed by atoms with Crippen LogP contribution in [0.1, 0.15) is 5.56 Å². The molecule has 72 valence electrons. The largest absolute Gasteiger partial charge is 0.334 e. The molecule has 0 spiro atoms. The summed E-state index contributed by atoms with van der Waals surface area (Å²) < 4.78 is 0. The van der Waals surface area contributed by atoms with Crippen molar-refractivity contribution in [2.24, 2.45) is 0 Å². The van der Waals surface area contributed by atoms with E-state index in [0.29, 0.717) is 6.54 Å². The average molecular weight is 189 g/mol. The molecule has 1 aliphatic heterocycles. The molecule has 4 nitrogen and oxygen atoms in total. The van der Waals surface area contributed by atoms with Gasteiger partial charge in [0.2, 0.25) is 0 Å². The van der Waals surface area contributed by atoms with Gasteiger partial charge >= 0.3 is 6.03 Å². The minimum Gasteiger partial charge on any atom is -0.334 e. The third-order valence-corrected chi connectivity index (χ3v) is 2.12. The summed E-state index contributed by atoms with van der Waals surface area (Å²) in [5.41, 5.74) is 1.85. The Morgan fingerprint density at radius 1 is 1.57 bits per heavy atom. The van der Waals surface area contributed by atoms with Gasteiger partial charge in [-0.1, -0.05) is 0 Å². The quantitative estimate of drug-likeness (QED) is 0.726. The molecule has 0 saturated carbocycles. The van der Waals surface area contributed by atoms with Gasteiger partial charge in [0.15, 0.2) is 0 Å². The second-order valence-corrected chi connectivity index (χ2v) is 3.10. The topological polar surface area (TPSA) is 45.2 Å². The van der Waals surface area contributed by atoms with Crippen molar-refractivity contribution in [3.05, 3.63) is 36.3 Å². The van der Waals surface area contributed by atoms with Gasteiger partial charge in [-0.3, -0.25) is 9.88 Å². The summed E-state index contributed by atoms with van der Waals surface area (Å²) in [6.07, 6.45) is 7.06. The van der Waals surface area contributed by atoms with Crippen LogP contribution >= 0.6 is 0 Å². The van der Waals surface area contributed by atoms with Crippen molar-refractivity contribution in [2.45, 2.75) is 6.92 Å². The summed E-state index contributed by atoms with van der Waals surface area (Å²) in [6.45, 7) is 2.54. The predicted molar refractivity (Wildman–Crippen MR) is 54.0 cm³/mol. The normalized spacial score (nSPS) is 15.5. The number of carbonyl (C=O) groups excluding carboxylic acids is 1. The van der Waals surface area contributed by atoms with E-state index in [-0.39, 0.29) is 6.03 Å². The molecule has 1 aliphatic rings. The zero-order valence-corrected chi connectivity index (χ0v) is 7.90. The first-order valence-corrected chi connectivity index (χ1v) is 4.43. The van der Waals surface area contributed by atoms with Crippen LogP contribution in [-0.4, -0.2) is 17.6 Å². The van der Waals surface area contributed by atoms with Crippen LogP contribution in [0, 0.1) is 6.92 Å². The Morgan fingerprint density at radius 2 is 2.43 bits per heavy atom. The van der Waals surface area contributed by atoms with Crippen molar-refractivity contribution in [3.8, 4) is 0 Å². The van der Waals surface area contributed by atoms with E-state index in [1.807, 2.05) is 19.1 Å². The molecule has 0 bridgehead atoms. The molecule has 1 aromatic heterocycles. The number of nitrogens with one attached hydrogen (secondary N) is 1. The monoisotopic (exact) mass is 189 g/mol. The van der Waals surface area contributed by atoms with E-state index in [9.17, 15) is 4.79 Å². The molecule has 2 rings (SSSR count). The van der Waals surface area contributed by atoms with E-state index in [2.05, 4.69) is 10.3 Å². The Hall–Kier alpha value is -1.84. The molecular formula is C10H11N3O. The number of rotatable bonds is 1. The van der Waals surface area contributed by atoms with Crippen LogP contribution in [0.5, 0.6) is 0 Å². The van der Waals surface area contributed by atoms with E-state index in [4.69, 9.17) is 0 Å². The summed E-state index contributed by atoms with van der Waals surface area (Å²) in [6, 6.07) is 1.77. The van der Waals surface area contributed by atoms with Crippen molar-refractivity contribution in [2.75, 3.05) is 11.4 Å². The molecule has 0 aliphatic carbocycles. The number of nitrogens with zero attached hydrogens (tertiary/aromatic N) is 2. The molecule has 2 heterocycles. The number of amides is 2. The number of pyridine rings is 1. The van der Waals surface area contributed by atoms with Gasteiger partial charge in [-0.05, 0) is 24.6 Å². The highest BCUT2D eigenvalue weighted by Gasteiger charge is 2.16. The first kappa shape index (κ1) is 8.74. The van der Waals surface area contributed by atoms with Crippen molar-refractivity contribution < 1.29 is 4.79 Å². The molecule has 2 amide bonds. The number of carbonyl (C=O) groups is 1. The van der Waals surface area contributed by atoms with Gasteiger partial charge in [-0.15, -0.1) is 0 Å². The Bertz CT molecular complexity index is 387. The molecular weight excluding hydrogens is 178 g/mol. The summed E-state index contributed by atoms with van der Waals surface area (Å²) in [4.78, 5) is 17.0. The maximum atomic E-state index is 11.5. The third-order valence-electron chi connectivity index (χ3n) is 2.12. The molecule has 14 heavy (non-hydrogen) atoms. The molecule has 1 N–H and O–H groups in total. The summed E-state index contributed by atoms with van der Waals surface area (Å²) >= 11 is 0. The number of hydrogen-bond acceptors (Lipinski definition) is 2. The Kier molecular flexibility index (Phi) is 2.18. The Morgan fingerprint density at radius 3 is 3.14 bits per heavy atom. The van der Waals surface area contributed by atoms with Crippen LogP contribution in [-0.2, 0) is 0 Å². The number of aryl methyl sites for hydroxylation is 1. The van der Waals surface area contributed by atoms with Crippen LogP contribution in [0.3, 0.4) is 0 Å². The molecule has 0 saturated heterocycles. The first-order chi connectivity index (χ1) is 6.79. The van der Waals surface area contributed by atoms with Crippen LogP contribution in [0.15, 0.2) is 30.7 Å². The zero-order valence-electron chi connectivity index (χ0n) is 7.90. The molecule has 0 unspecified atom stereocenters. The standard InChI is InChI=1S/C10H11N3O/c1-8-3-5-11-7-9(8)13-6-2-4-12-10(13)14/h2-3,5-7H,4H2,1H3,(H,12,14). The lowest BCUT2D eigenvalue weighted by atomic mass is 10.2. The van der Waals surface area contributed by atoms with Crippen LogP contribution in [0.4, 0.5) is 10.5 Å². The minimum absolute atomic E-state index is 0.108. The van der Waals surface area contributed by atoms with E-state index >= 15 is 0 Å². The van der Waals surface area contributed by atoms with Gasteiger partial charge < -0.3 is 5.32 Å². The van der Waals surface area contributed by atoms with Gasteiger partial charge in [0.05, 0.1) is 11.9 Å². The highest BCUT2D eigenvalue weighted by Crippen LogP contribution is 2.19. The SMILES string of the molecule is Cc1ccncc1N1C=CCNC1=O. The Labute approximate surface area is 82.3 Å².